The molecule has 1 atom stereocenters. The first kappa shape index (κ1) is 19.6. The number of carbonyl (C=O) groups is 1. The van der Waals surface area contributed by atoms with Crippen LogP contribution in [0, 0.1) is 17.7 Å². The summed E-state index contributed by atoms with van der Waals surface area (Å²) in [5.41, 5.74) is 3.10. The second-order valence-corrected chi connectivity index (χ2v) is 8.04. The van der Waals surface area contributed by atoms with Gasteiger partial charge in [-0.05, 0) is 85.9 Å². The summed E-state index contributed by atoms with van der Waals surface area (Å²) in [6, 6.07) is 16.5. The fourth-order valence-electron chi connectivity index (χ4n) is 4.81. The molecule has 1 heterocycles. The molecule has 0 radical (unpaired) electrons. The van der Waals surface area contributed by atoms with Crippen LogP contribution in [0.3, 0.4) is 0 Å². The topological polar surface area (TPSA) is 42.0 Å². The molecule has 0 bridgehead atoms. The van der Waals surface area contributed by atoms with E-state index in [0.29, 0.717) is 17.5 Å². The number of pyridine rings is 1. The Morgan fingerprint density at radius 1 is 1.07 bits per heavy atom. The predicted molar refractivity (Wildman–Crippen MR) is 115 cm³/mol. The zero-order valence-corrected chi connectivity index (χ0v) is 16.8. The fourth-order valence-corrected chi connectivity index (χ4v) is 4.81. The highest BCUT2D eigenvalue weighted by molar-refractivity contribution is 5.92. The highest BCUT2D eigenvalue weighted by Crippen LogP contribution is 2.41. The summed E-state index contributed by atoms with van der Waals surface area (Å²) in [7, 11) is 0. The molecular formula is C25H27FN2O. The summed E-state index contributed by atoms with van der Waals surface area (Å²) >= 11 is 0. The van der Waals surface area contributed by atoms with Gasteiger partial charge in [-0.15, -0.1) is 0 Å². The maximum atomic E-state index is 13.1. The van der Waals surface area contributed by atoms with Crippen LogP contribution >= 0.6 is 0 Å². The largest absolute Gasteiger partial charge is 0.326 e. The van der Waals surface area contributed by atoms with E-state index >= 15 is 0 Å². The smallest absolute Gasteiger partial charge is 0.227 e. The van der Waals surface area contributed by atoms with E-state index in [2.05, 4.69) is 41.5 Å². The Morgan fingerprint density at radius 2 is 1.79 bits per heavy atom. The number of rotatable bonds is 5. The molecule has 3 aromatic rings. The average Bonchev–Trinajstić information content (AvgIpc) is 2.76. The van der Waals surface area contributed by atoms with Gasteiger partial charge in [-0.3, -0.25) is 9.78 Å². The number of nitrogens with one attached hydrogen (secondary N) is 1. The number of amides is 1. The second-order valence-electron chi connectivity index (χ2n) is 8.04. The van der Waals surface area contributed by atoms with Crippen molar-refractivity contribution in [3.63, 3.8) is 0 Å². The van der Waals surface area contributed by atoms with E-state index < -0.39 is 0 Å². The van der Waals surface area contributed by atoms with Gasteiger partial charge in [0.15, 0.2) is 0 Å². The first-order chi connectivity index (χ1) is 14.2. The molecule has 1 aliphatic carbocycles. The predicted octanol–water partition coefficient (Wildman–Crippen LogP) is 6.31. The van der Waals surface area contributed by atoms with Crippen LogP contribution in [0.15, 0.2) is 60.8 Å². The molecule has 3 nitrogen and oxygen atoms in total. The number of para-hydroxylation sites is 1. The molecule has 0 saturated heterocycles. The zero-order chi connectivity index (χ0) is 20.2. The molecule has 1 N–H and O–H groups in total. The molecule has 1 fully saturated rings. The molecule has 1 aliphatic rings. The van der Waals surface area contributed by atoms with Gasteiger partial charge in [0.05, 0.1) is 5.52 Å². The van der Waals surface area contributed by atoms with Gasteiger partial charge in [0.2, 0.25) is 5.91 Å². The summed E-state index contributed by atoms with van der Waals surface area (Å²) in [4.78, 5) is 17.3. The lowest BCUT2D eigenvalue weighted by atomic mass is 9.72. The standard InChI is InChI=1S/C25H27FN2O/c1-2-21(25(29)28-20-13-11-19(26)12-14-20)17-7-9-18(10-8-17)22-15-16-27-24-6-4-3-5-23(22)24/h3-6,11-18,21H,2,7-10H2,1H3,(H,28,29)/t17?,18?,21-/m1/s1. The normalized spacial score (nSPS) is 20.3. The number of fused-ring (bicyclic) bond motifs is 1. The number of benzene rings is 2. The number of halogens is 1. The molecule has 4 heteroatoms. The molecule has 1 amide bonds. The monoisotopic (exact) mass is 390 g/mol. The van der Waals surface area contributed by atoms with Crippen molar-refractivity contribution in [3.8, 4) is 0 Å². The van der Waals surface area contributed by atoms with Crippen molar-refractivity contribution < 1.29 is 9.18 Å². The van der Waals surface area contributed by atoms with E-state index in [9.17, 15) is 9.18 Å². The summed E-state index contributed by atoms with van der Waals surface area (Å²) in [5, 5.41) is 4.22. The molecular weight excluding hydrogens is 363 g/mol. The van der Waals surface area contributed by atoms with Crippen LogP contribution in [-0.4, -0.2) is 10.9 Å². The van der Waals surface area contributed by atoms with Crippen molar-refractivity contribution in [1.29, 1.82) is 0 Å². The number of nitrogens with zero attached hydrogens (tertiary/aromatic N) is 1. The first-order valence-electron chi connectivity index (χ1n) is 10.6. The lowest BCUT2D eigenvalue weighted by molar-refractivity contribution is -0.122. The molecule has 0 spiro atoms. The van der Waals surface area contributed by atoms with Crippen LogP contribution in [0.25, 0.3) is 10.9 Å². The number of carbonyl (C=O) groups excluding carboxylic acids is 1. The fraction of sp³-hybridized carbons (Fsp3) is 0.360. The Morgan fingerprint density at radius 3 is 2.52 bits per heavy atom. The highest BCUT2D eigenvalue weighted by atomic mass is 19.1. The molecule has 29 heavy (non-hydrogen) atoms. The zero-order valence-electron chi connectivity index (χ0n) is 16.8. The third-order valence-corrected chi connectivity index (χ3v) is 6.35. The Balaban J connectivity index is 1.42. The third kappa shape index (κ3) is 4.31. The van der Waals surface area contributed by atoms with E-state index in [1.54, 1.807) is 12.1 Å². The number of anilines is 1. The van der Waals surface area contributed by atoms with Crippen LogP contribution in [0.1, 0.15) is 50.5 Å². The quantitative estimate of drug-likeness (QED) is 0.554. The minimum atomic E-state index is -0.294. The van der Waals surface area contributed by atoms with Crippen molar-refractivity contribution in [2.24, 2.45) is 11.8 Å². The Hall–Kier alpha value is -2.75. The van der Waals surface area contributed by atoms with Gasteiger partial charge >= 0.3 is 0 Å². The van der Waals surface area contributed by atoms with Crippen LogP contribution in [0.2, 0.25) is 0 Å². The van der Waals surface area contributed by atoms with Gasteiger partial charge in [0.1, 0.15) is 5.82 Å². The van der Waals surface area contributed by atoms with Gasteiger partial charge < -0.3 is 5.32 Å². The summed E-state index contributed by atoms with van der Waals surface area (Å²) in [6.07, 6.45) is 7.03. The minimum absolute atomic E-state index is 0.00446. The number of hydrogen-bond acceptors (Lipinski definition) is 2. The maximum absolute atomic E-state index is 13.1. The summed E-state index contributed by atoms with van der Waals surface area (Å²) in [5.74, 6) is 0.672. The van der Waals surface area contributed by atoms with Crippen LogP contribution in [-0.2, 0) is 4.79 Å². The first-order valence-corrected chi connectivity index (χ1v) is 10.6. The molecule has 150 valence electrons. The molecule has 0 unspecified atom stereocenters. The van der Waals surface area contributed by atoms with E-state index in [4.69, 9.17) is 0 Å². The van der Waals surface area contributed by atoms with Crippen LogP contribution in [0.5, 0.6) is 0 Å². The van der Waals surface area contributed by atoms with Gasteiger partial charge in [-0.25, -0.2) is 4.39 Å². The summed E-state index contributed by atoms with van der Waals surface area (Å²) < 4.78 is 13.1. The van der Waals surface area contributed by atoms with E-state index in [1.165, 1.54) is 23.1 Å². The van der Waals surface area contributed by atoms with Crippen LogP contribution < -0.4 is 5.32 Å². The molecule has 4 rings (SSSR count). The van der Waals surface area contributed by atoms with Crippen molar-refractivity contribution in [2.45, 2.75) is 44.9 Å². The SMILES string of the molecule is CC[C@@H](C(=O)Nc1ccc(F)cc1)C1CCC(c2ccnc3ccccc23)CC1. The van der Waals surface area contributed by atoms with Gasteiger partial charge in [-0.2, -0.15) is 0 Å². The molecule has 1 aromatic heterocycles. The number of aromatic nitrogens is 1. The van der Waals surface area contributed by atoms with Crippen LogP contribution in [0.4, 0.5) is 10.1 Å². The maximum Gasteiger partial charge on any atom is 0.227 e. The van der Waals surface area contributed by atoms with E-state index in [-0.39, 0.29) is 17.6 Å². The number of hydrogen-bond donors (Lipinski definition) is 1. The lowest BCUT2D eigenvalue weighted by Gasteiger charge is -2.33. The van der Waals surface area contributed by atoms with Crippen molar-refractivity contribution in [2.75, 3.05) is 5.32 Å². The van der Waals surface area contributed by atoms with E-state index in [0.717, 1.165) is 37.6 Å². The lowest BCUT2D eigenvalue weighted by Crippen LogP contribution is -2.31. The summed E-state index contributed by atoms with van der Waals surface area (Å²) in [6.45, 7) is 2.08. The Labute approximate surface area is 171 Å². The molecule has 0 aliphatic heterocycles. The van der Waals surface area contributed by atoms with E-state index in [1.807, 2.05) is 12.3 Å². The molecule has 2 aromatic carbocycles. The minimum Gasteiger partial charge on any atom is -0.326 e. The second kappa shape index (κ2) is 8.73. The van der Waals surface area contributed by atoms with Gasteiger partial charge in [-0.1, -0.05) is 25.1 Å². The van der Waals surface area contributed by atoms with Gasteiger partial charge in [0.25, 0.3) is 0 Å². The average molecular weight is 391 g/mol. The van der Waals surface area contributed by atoms with Crippen molar-refractivity contribution in [1.82, 2.24) is 4.98 Å². The Bertz CT molecular complexity index is 972. The Kier molecular flexibility index (Phi) is 5.89. The third-order valence-electron chi connectivity index (χ3n) is 6.35. The van der Waals surface area contributed by atoms with Crippen molar-refractivity contribution in [3.05, 3.63) is 72.2 Å². The van der Waals surface area contributed by atoms with Crippen molar-refractivity contribution >= 4 is 22.5 Å². The van der Waals surface area contributed by atoms with Gasteiger partial charge in [0, 0.05) is 23.2 Å². The molecule has 1 saturated carbocycles. The highest BCUT2D eigenvalue weighted by Gasteiger charge is 2.32.